The van der Waals surface area contributed by atoms with Gasteiger partial charge in [-0.25, -0.2) is 9.97 Å². The Bertz CT molecular complexity index is 4960. The Labute approximate surface area is 557 Å². The largest absolute Gasteiger partial charge is 2.00 e. The zero-order chi connectivity index (χ0) is 61.6. The third-order valence-electron chi connectivity index (χ3n) is 19.5. The molecule has 4 heterocycles. The van der Waals surface area contributed by atoms with Gasteiger partial charge in [0, 0.05) is 22.3 Å². The molecule has 0 saturated heterocycles. The van der Waals surface area contributed by atoms with Crippen LogP contribution in [-0.2, 0) is 46.7 Å². The molecule has 93 heavy (non-hydrogen) atoms. The van der Waals surface area contributed by atoms with Gasteiger partial charge in [-0.1, -0.05) is 248 Å². The molecule has 0 unspecified atom stereocenters. The van der Waals surface area contributed by atoms with Gasteiger partial charge in [-0.3, -0.25) is 0 Å². The standard InChI is InChI=1S/C88H68N4.Pt/c1-5-17-53-29-37-57(38-30-53)77-81-69-45-61-21-9-11-23-63(61)47-71(69)83(89-81)78(58-39-31-54(18-6-2)32-40-58)85-73-49-65-25-13-15-27-67(65)51-75(73)87(91-85)80(60-43-35-56(20-8-4)36-44-60)88-76-52-68-28-16-14-26-66(68)50-74(76)86(92-88)79(59-41-33-55(19-7-3)34-42-59)84-72-48-64-24-12-10-22-62(64)46-70(72)82(77)90-84;/h9-16,21-52H,5-8,17-20H2,1-4H3;/q-2;+2. The predicted molar refractivity (Wildman–Crippen MR) is 391 cm³/mol. The van der Waals surface area contributed by atoms with Crippen LogP contribution in [-0.4, -0.2) is 9.97 Å². The van der Waals surface area contributed by atoms with Crippen LogP contribution >= 0.6 is 0 Å². The first-order valence-electron chi connectivity index (χ1n) is 33.2. The van der Waals surface area contributed by atoms with E-state index in [0.717, 1.165) is 228 Å². The molecule has 0 N–H and O–H groups in total. The first kappa shape index (κ1) is 58.1. The van der Waals surface area contributed by atoms with Crippen molar-refractivity contribution < 1.29 is 21.1 Å². The number of nitrogens with zero attached hydrogens (tertiary/aromatic N) is 4. The van der Waals surface area contributed by atoms with Gasteiger partial charge in [0.05, 0.1) is 22.8 Å². The molecule has 5 heteroatoms. The second-order valence-electron chi connectivity index (χ2n) is 25.5. The molecule has 0 radical (unpaired) electrons. The molecule has 450 valence electrons. The van der Waals surface area contributed by atoms with Crippen molar-refractivity contribution >= 4 is 86.7 Å². The van der Waals surface area contributed by atoms with E-state index in [-0.39, 0.29) is 21.1 Å². The fourth-order valence-corrected chi connectivity index (χ4v) is 15.0. The topological polar surface area (TPSA) is 54.0 Å². The minimum Gasteiger partial charge on any atom is -0.656 e. The molecular weight excluding hydrogens is 1310 g/mol. The normalized spacial score (nSPS) is 11.9. The molecule has 4 nitrogen and oxygen atoms in total. The van der Waals surface area contributed by atoms with Crippen LogP contribution in [0, 0.1) is 0 Å². The molecule has 14 aromatic rings. The third kappa shape index (κ3) is 9.92. The summed E-state index contributed by atoms with van der Waals surface area (Å²) in [5.41, 5.74) is 24.7. The Morgan fingerprint density at radius 3 is 0.634 bits per heavy atom. The van der Waals surface area contributed by atoms with Gasteiger partial charge in [-0.2, -0.15) is 0 Å². The summed E-state index contributed by atoms with van der Waals surface area (Å²) >= 11 is 0. The van der Waals surface area contributed by atoms with E-state index >= 15 is 0 Å². The van der Waals surface area contributed by atoms with Crippen molar-refractivity contribution in [2.45, 2.75) is 79.1 Å². The van der Waals surface area contributed by atoms with Gasteiger partial charge in [0.2, 0.25) is 0 Å². The van der Waals surface area contributed by atoms with E-state index < -0.39 is 0 Å². The predicted octanol–water partition coefficient (Wildman–Crippen LogP) is 23.6. The van der Waals surface area contributed by atoms with E-state index in [2.05, 4.69) is 270 Å². The quantitative estimate of drug-likeness (QED) is 0.122. The van der Waals surface area contributed by atoms with Crippen molar-refractivity contribution in [2.75, 3.05) is 0 Å². The molecule has 2 aliphatic heterocycles. The van der Waals surface area contributed by atoms with Crippen molar-refractivity contribution in [3.8, 4) is 89.5 Å². The summed E-state index contributed by atoms with van der Waals surface area (Å²) in [6.45, 7) is 9.04. The number of benzene rings is 12. The van der Waals surface area contributed by atoms with Crippen LogP contribution in [0.1, 0.15) is 75.6 Å². The number of fused-ring (bicyclic) bond motifs is 4. The zero-order valence-electron chi connectivity index (χ0n) is 52.9. The van der Waals surface area contributed by atoms with Gasteiger partial charge in [0.1, 0.15) is 0 Å². The number of hydrogen-bond donors (Lipinski definition) is 0. The van der Waals surface area contributed by atoms with E-state index in [1.54, 1.807) is 0 Å². The van der Waals surface area contributed by atoms with Gasteiger partial charge in [0.15, 0.2) is 0 Å². The molecule has 1 aliphatic carbocycles. The fraction of sp³-hybridized carbons (Fsp3) is 0.136. The van der Waals surface area contributed by atoms with Crippen LogP contribution in [0.4, 0.5) is 0 Å². The molecule has 2 aromatic heterocycles. The monoisotopic (exact) mass is 1380 g/mol. The molecule has 0 amide bonds. The van der Waals surface area contributed by atoms with Gasteiger partial charge in [-0.05, 0) is 206 Å². The van der Waals surface area contributed by atoms with Crippen molar-refractivity contribution in [2.24, 2.45) is 0 Å². The minimum absolute atomic E-state index is 0. The zero-order valence-corrected chi connectivity index (χ0v) is 55.1. The maximum absolute atomic E-state index is 6.30. The molecule has 0 atom stereocenters. The van der Waals surface area contributed by atoms with E-state index in [1.807, 2.05) is 0 Å². The number of aromatic nitrogens is 4. The van der Waals surface area contributed by atoms with Crippen LogP contribution in [0.15, 0.2) is 243 Å². The fourth-order valence-electron chi connectivity index (χ4n) is 15.0. The van der Waals surface area contributed by atoms with Crippen LogP contribution < -0.4 is 9.97 Å². The van der Waals surface area contributed by atoms with Crippen molar-refractivity contribution in [3.63, 3.8) is 0 Å². The summed E-state index contributed by atoms with van der Waals surface area (Å²) < 4.78 is 0. The SMILES string of the molecule is CCCc1ccc(-c2c3nc(c(-c4ccc(CCC)cc4)c4[n-]c(c(-c5ccc(CCC)cc5)c5nc(c(-c6ccc(CCC)cc6)c6[n-]c2c2cc7ccccc7cc62)-c2cc6ccccc6cc2-5)c2cc5ccccc5cc42)-c2cc4ccccc4cc2-3)cc1.[Pt+2]. The molecule has 3 aliphatic rings. The smallest absolute Gasteiger partial charge is 0.656 e. The van der Waals surface area contributed by atoms with E-state index in [9.17, 15) is 0 Å². The molecule has 0 saturated carbocycles. The summed E-state index contributed by atoms with van der Waals surface area (Å²) in [4.78, 5) is 25.2. The Hall–Kier alpha value is -9.99. The van der Waals surface area contributed by atoms with E-state index in [1.165, 1.54) is 22.3 Å². The van der Waals surface area contributed by atoms with Gasteiger partial charge < -0.3 is 9.97 Å². The summed E-state index contributed by atoms with van der Waals surface area (Å²) in [7, 11) is 0. The number of aryl methyl sites for hydroxylation is 4. The van der Waals surface area contributed by atoms with Gasteiger partial charge >= 0.3 is 21.1 Å². The Morgan fingerprint density at radius 1 is 0.247 bits per heavy atom. The van der Waals surface area contributed by atoms with Crippen LogP contribution in [0.25, 0.3) is 176 Å². The molecule has 17 rings (SSSR count). The second kappa shape index (κ2) is 23.9. The Kier molecular flexibility index (Phi) is 14.9. The summed E-state index contributed by atoms with van der Waals surface area (Å²) in [5, 5.41) is 13.4. The third-order valence-corrected chi connectivity index (χ3v) is 19.5. The Balaban J connectivity index is 0.00000686. The second-order valence-corrected chi connectivity index (χ2v) is 25.5. The summed E-state index contributed by atoms with van der Waals surface area (Å²) in [6.07, 6.45) is 8.16. The molecule has 12 aromatic carbocycles. The maximum Gasteiger partial charge on any atom is 2.00 e. The number of hydrogen-bond acceptors (Lipinski definition) is 2. The van der Waals surface area contributed by atoms with Crippen molar-refractivity contribution in [3.05, 3.63) is 265 Å². The van der Waals surface area contributed by atoms with Gasteiger partial charge in [0.25, 0.3) is 0 Å². The van der Waals surface area contributed by atoms with E-state index in [0.29, 0.717) is 0 Å². The minimum atomic E-state index is 0. The molecule has 0 fully saturated rings. The van der Waals surface area contributed by atoms with Crippen LogP contribution in [0.3, 0.4) is 0 Å². The molecule has 8 bridgehead atoms. The first-order chi connectivity index (χ1) is 45.4. The Morgan fingerprint density at radius 2 is 0.441 bits per heavy atom. The average Bonchev–Trinajstić information content (AvgIpc) is 1.57. The maximum atomic E-state index is 6.30. The van der Waals surface area contributed by atoms with Crippen LogP contribution in [0.5, 0.6) is 0 Å². The molecular formula is C88H68N4Pt. The van der Waals surface area contributed by atoms with Crippen LogP contribution in [0.2, 0.25) is 0 Å². The molecule has 0 spiro atoms. The summed E-state index contributed by atoms with van der Waals surface area (Å²) in [5.74, 6) is 0. The first-order valence-corrected chi connectivity index (χ1v) is 33.2. The van der Waals surface area contributed by atoms with Gasteiger partial charge in [-0.15, -0.1) is 22.1 Å². The van der Waals surface area contributed by atoms with Crippen molar-refractivity contribution in [1.82, 2.24) is 19.9 Å². The number of rotatable bonds is 12. The van der Waals surface area contributed by atoms with E-state index in [4.69, 9.17) is 19.9 Å². The van der Waals surface area contributed by atoms with Crippen molar-refractivity contribution in [1.29, 1.82) is 0 Å². The average molecular weight is 1380 g/mol. The summed E-state index contributed by atoms with van der Waals surface area (Å²) in [6, 6.07) is 91.5.